The number of rotatable bonds is 5. The molecule has 0 spiro atoms. The maximum atomic E-state index is 5.58. The third-order valence-electron chi connectivity index (χ3n) is 3.71. The van der Waals surface area contributed by atoms with E-state index in [9.17, 15) is 0 Å². The predicted octanol–water partition coefficient (Wildman–Crippen LogP) is 3.17. The van der Waals surface area contributed by atoms with E-state index < -0.39 is 0 Å². The highest BCUT2D eigenvalue weighted by molar-refractivity contribution is 5.47. The first kappa shape index (κ1) is 12.4. The zero-order chi connectivity index (χ0) is 11.9. The van der Waals surface area contributed by atoms with Crippen molar-refractivity contribution in [1.29, 1.82) is 0 Å². The van der Waals surface area contributed by atoms with Crippen molar-refractivity contribution in [2.75, 3.05) is 18.0 Å². The molecular weight excluding hydrogens is 208 g/mol. The molecule has 1 aliphatic rings. The lowest BCUT2D eigenvalue weighted by molar-refractivity contribution is 0.425. The van der Waals surface area contributed by atoms with Gasteiger partial charge in [-0.05, 0) is 50.8 Å². The van der Waals surface area contributed by atoms with Gasteiger partial charge in [-0.15, -0.1) is 0 Å². The van der Waals surface area contributed by atoms with Gasteiger partial charge < -0.3 is 10.6 Å². The van der Waals surface area contributed by atoms with Crippen molar-refractivity contribution in [3.8, 4) is 0 Å². The van der Waals surface area contributed by atoms with Crippen LogP contribution in [0.1, 0.15) is 38.5 Å². The molecular formula is C15H24N2. The van der Waals surface area contributed by atoms with Gasteiger partial charge in [0, 0.05) is 18.3 Å². The van der Waals surface area contributed by atoms with E-state index >= 15 is 0 Å². The molecule has 1 heterocycles. The topological polar surface area (TPSA) is 29.3 Å². The third kappa shape index (κ3) is 3.47. The number of hydrogen-bond donors (Lipinski definition) is 1. The maximum absolute atomic E-state index is 5.58. The number of unbranched alkanes of at least 4 members (excludes halogenated alkanes) is 1. The van der Waals surface area contributed by atoms with Crippen LogP contribution in [0.25, 0.3) is 0 Å². The lowest BCUT2D eigenvalue weighted by Crippen LogP contribution is -2.39. The van der Waals surface area contributed by atoms with Crippen molar-refractivity contribution < 1.29 is 0 Å². The number of anilines is 1. The Morgan fingerprint density at radius 1 is 1.12 bits per heavy atom. The van der Waals surface area contributed by atoms with Gasteiger partial charge in [0.2, 0.25) is 0 Å². The van der Waals surface area contributed by atoms with E-state index in [1.54, 1.807) is 0 Å². The highest BCUT2D eigenvalue weighted by Crippen LogP contribution is 2.27. The first-order valence-electron chi connectivity index (χ1n) is 6.93. The maximum Gasteiger partial charge on any atom is 0.0368 e. The molecule has 0 amide bonds. The average Bonchev–Trinajstić information content (AvgIpc) is 2.41. The van der Waals surface area contributed by atoms with Crippen LogP contribution in [0.4, 0.5) is 5.69 Å². The second kappa shape index (κ2) is 6.65. The molecule has 2 heteroatoms. The summed E-state index contributed by atoms with van der Waals surface area (Å²) >= 11 is 0. The second-order valence-electron chi connectivity index (χ2n) is 4.96. The van der Waals surface area contributed by atoms with Crippen LogP contribution in [-0.4, -0.2) is 19.1 Å². The van der Waals surface area contributed by atoms with Crippen LogP contribution in [0, 0.1) is 0 Å². The molecule has 94 valence electrons. The summed E-state index contributed by atoms with van der Waals surface area (Å²) < 4.78 is 0. The van der Waals surface area contributed by atoms with Gasteiger partial charge in [-0.2, -0.15) is 0 Å². The summed E-state index contributed by atoms with van der Waals surface area (Å²) in [7, 11) is 0. The van der Waals surface area contributed by atoms with E-state index in [1.165, 1.54) is 50.8 Å². The van der Waals surface area contributed by atoms with Crippen molar-refractivity contribution in [2.24, 2.45) is 5.73 Å². The van der Waals surface area contributed by atoms with Crippen LogP contribution in [0.2, 0.25) is 0 Å². The molecule has 1 atom stereocenters. The molecule has 2 rings (SSSR count). The Hall–Kier alpha value is -1.02. The number of piperidine rings is 1. The summed E-state index contributed by atoms with van der Waals surface area (Å²) in [5.74, 6) is 0. The molecule has 2 nitrogen and oxygen atoms in total. The molecule has 1 aromatic rings. The lowest BCUT2D eigenvalue weighted by Gasteiger charge is -2.37. The second-order valence-corrected chi connectivity index (χ2v) is 4.96. The number of para-hydroxylation sites is 1. The molecule has 0 radical (unpaired) electrons. The molecule has 1 fully saturated rings. The average molecular weight is 232 g/mol. The monoisotopic (exact) mass is 232 g/mol. The summed E-state index contributed by atoms with van der Waals surface area (Å²) in [6.07, 6.45) is 7.80. The van der Waals surface area contributed by atoms with Gasteiger partial charge in [0.25, 0.3) is 0 Å². The van der Waals surface area contributed by atoms with Crippen LogP contribution in [0.5, 0.6) is 0 Å². The van der Waals surface area contributed by atoms with Gasteiger partial charge in [-0.25, -0.2) is 0 Å². The van der Waals surface area contributed by atoms with E-state index in [-0.39, 0.29) is 0 Å². The summed E-state index contributed by atoms with van der Waals surface area (Å²) in [5.41, 5.74) is 6.97. The van der Waals surface area contributed by atoms with Gasteiger partial charge >= 0.3 is 0 Å². The summed E-state index contributed by atoms with van der Waals surface area (Å²) in [6, 6.07) is 11.6. The standard InChI is InChI=1S/C15H24N2/c16-12-6-4-10-15-11-5-7-13-17(15)14-8-2-1-3-9-14/h1-3,8-9,15H,4-7,10-13,16H2. The van der Waals surface area contributed by atoms with Gasteiger partial charge in [-0.1, -0.05) is 24.6 Å². The van der Waals surface area contributed by atoms with Gasteiger partial charge in [0.1, 0.15) is 0 Å². The Bertz CT molecular complexity index is 310. The van der Waals surface area contributed by atoms with Crippen LogP contribution in [0.15, 0.2) is 30.3 Å². The summed E-state index contributed by atoms with van der Waals surface area (Å²) in [4.78, 5) is 2.60. The van der Waals surface area contributed by atoms with Crippen LogP contribution >= 0.6 is 0 Å². The Morgan fingerprint density at radius 3 is 2.71 bits per heavy atom. The quantitative estimate of drug-likeness (QED) is 0.790. The van der Waals surface area contributed by atoms with E-state index in [0.29, 0.717) is 0 Å². The van der Waals surface area contributed by atoms with E-state index in [4.69, 9.17) is 5.73 Å². The Labute approximate surface area is 105 Å². The first-order chi connectivity index (χ1) is 8.42. The van der Waals surface area contributed by atoms with Crippen molar-refractivity contribution in [2.45, 2.75) is 44.6 Å². The first-order valence-corrected chi connectivity index (χ1v) is 6.93. The number of hydrogen-bond acceptors (Lipinski definition) is 2. The fourth-order valence-corrected chi connectivity index (χ4v) is 2.78. The summed E-state index contributed by atoms with van der Waals surface area (Å²) in [5, 5.41) is 0. The van der Waals surface area contributed by atoms with Crippen molar-refractivity contribution in [3.63, 3.8) is 0 Å². The fourth-order valence-electron chi connectivity index (χ4n) is 2.78. The zero-order valence-electron chi connectivity index (χ0n) is 10.6. The molecule has 0 aromatic heterocycles. The minimum absolute atomic E-state index is 0.734. The number of nitrogens with zero attached hydrogens (tertiary/aromatic N) is 1. The Morgan fingerprint density at radius 2 is 1.94 bits per heavy atom. The molecule has 0 saturated carbocycles. The van der Waals surface area contributed by atoms with Crippen LogP contribution < -0.4 is 10.6 Å². The molecule has 1 aliphatic heterocycles. The smallest absolute Gasteiger partial charge is 0.0368 e. The van der Waals surface area contributed by atoms with Crippen molar-refractivity contribution >= 4 is 5.69 Å². The largest absolute Gasteiger partial charge is 0.369 e. The minimum Gasteiger partial charge on any atom is -0.369 e. The third-order valence-corrected chi connectivity index (χ3v) is 3.71. The zero-order valence-corrected chi connectivity index (χ0v) is 10.6. The normalized spacial score (nSPS) is 20.5. The lowest BCUT2D eigenvalue weighted by atomic mass is 9.96. The Kier molecular flexibility index (Phi) is 4.87. The fraction of sp³-hybridized carbons (Fsp3) is 0.600. The van der Waals surface area contributed by atoms with E-state index in [2.05, 4.69) is 35.2 Å². The molecule has 1 saturated heterocycles. The van der Waals surface area contributed by atoms with Crippen molar-refractivity contribution in [1.82, 2.24) is 0 Å². The highest BCUT2D eigenvalue weighted by atomic mass is 15.2. The van der Waals surface area contributed by atoms with Crippen molar-refractivity contribution in [3.05, 3.63) is 30.3 Å². The van der Waals surface area contributed by atoms with Crippen LogP contribution in [0.3, 0.4) is 0 Å². The Balaban J connectivity index is 1.97. The number of nitrogens with two attached hydrogens (primary N) is 1. The highest BCUT2D eigenvalue weighted by Gasteiger charge is 2.21. The van der Waals surface area contributed by atoms with E-state index in [0.717, 1.165) is 12.6 Å². The van der Waals surface area contributed by atoms with Gasteiger partial charge in [0.15, 0.2) is 0 Å². The molecule has 2 N–H and O–H groups in total. The van der Waals surface area contributed by atoms with E-state index in [1.807, 2.05) is 0 Å². The SMILES string of the molecule is NCCCCC1CCCCN1c1ccccc1. The molecule has 17 heavy (non-hydrogen) atoms. The minimum atomic E-state index is 0.734. The number of benzene rings is 1. The van der Waals surface area contributed by atoms with Gasteiger partial charge in [0.05, 0.1) is 0 Å². The molecule has 1 aromatic carbocycles. The molecule has 0 aliphatic carbocycles. The molecule has 0 bridgehead atoms. The summed E-state index contributed by atoms with van der Waals surface area (Å²) in [6.45, 7) is 2.05. The molecule has 1 unspecified atom stereocenters. The predicted molar refractivity (Wildman–Crippen MR) is 74.3 cm³/mol. The van der Waals surface area contributed by atoms with Crippen LogP contribution in [-0.2, 0) is 0 Å². The van der Waals surface area contributed by atoms with Gasteiger partial charge in [-0.3, -0.25) is 0 Å².